The van der Waals surface area contributed by atoms with Gasteiger partial charge in [0.1, 0.15) is 10.7 Å². The third-order valence-electron chi connectivity index (χ3n) is 1.68. The molecule has 0 aliphatic heterocycles. The summed E-state index contributed by atoms with van der Waals surface area (Å²) in [5.74, 6) is -0.852. The molecule has 0 atom stereocenters. The fourth-order valence-corrected chi connectivity index (χ4v) is 1.95. The van der Waals surface area contributed by atoms with Gasteiger partial charge in [0.15, 0.2) is 0 Å². The Hall–Kier alpha value is -1.54. The van der Waals surface area contributed by atoms with Crippen LogP contribution in [0.25, 0.3) is 0 Å². The van der Waals surface area contributed by atoms with E-state index >= 15 is 0 Å². The second kappa shape index (κ2) is 4.99. The Morgan fingerprint density at radius 3 is 2.81 bits per heavy atom. The van der Waals surface area contributed by atoms with Crippen molar-refractivity contribution in [2.45, 2.75) is 11.3 Å². The van der Waals surface area contributed by atoms with Crippen LogP contribution in [0, 0.1) is 11.2 Å². The monoisotopic (exact) mass is 246 g/mol. The Balaban J connectivity index is 2.74. The van der Waals surface area contributed by atoms with Crippen LogP contribution in [0.3, 0.4) is 0 Å². The number of halogens is 1. The van der Waals surface area contributed by atoms with E-state index in [1.807, 2.05) is 0 Å². The van der Waals surface area contributed by atoms with Gasteiger partial charge in [0.05, 0.1) is 12.0 Å². The predicted molar refractivity (Wildman–Crippen MR) is 55.9 cm³/mol. The summed E-state index contributed by atoms with van der Waals surface area (Å²) in [5, 5.41) is 6.91. The van der Waals surface area contributed by atoms with Gasteiger partial charge < -0.3 is 5.73 Å². The van der Waals surface area contributed by atoms with E-state index in [0.717, 1.165) is 18.5 Å². The van der Waals surface area contributed by atoms with E-state index in [4.69, 9.17) is 11.1 Å². The number of hydrogen-bond acceptors (Lipinski definition) is 4. The standard InChI is InChI=1S/C8H11FN4O2S/c9-6-3-7(5-12-4-6)16(14,15)13-2-1-8(10)11/h3-5,13H,1-2H2,(H3,10,11). The maximum atomic E-state index is 12.7. The molecule has 16 heavy (non-hydrogen) atoms. The topological polar surface area (TPSA) is 109 Å². The molecule has 0 amide bonds. The van der Waals surface area contributed by atoms with Gasteiger partial charge >= 0.3 is 0 Å². The van der Waals surface area contributed by atoms with E-state index in [9.17, 15) is 12.8 Å². The molecule has 8 heteroatoms. The SMILES string of the molecule is N=C(N)CCNS(=O)(=O)c1cncc(F)c1. The maximum Gasteiger partial charge on any atom is 0.242 e. The normalized spacial score (nSPS) is 11.3. The van der Waals surface area contributed by atoms with Gasteiger partial charge in [-0.2, -0.15) is 0 Å². The highest BCUT2D eigenvalue weighted by Crippen LogP contribution is 2.07. The van der Waals surface area contributed by atoms with E-state index in [2.05, 4.69) is 9.71 Å². The first kappa shape index (κ1) is 12.5. The van der Waals surface area contributed by atoms with Crippen LogP contribution in [-0.2, 0) is 10.0 Å². The Kier molecular flexibility index (Phi) is 3.91. The highest BCUT2D eigenvalue weighted by Gasteiger charge is 2.14. The van der Waals surface area contributed by atoms with Crippen LogP contribution in [0.5, 0.6) is 0 Å². The molecule has 0 bridgehead atoms. The minimum absolute atomic E-state index is 0.00577. The number of rotatable bonds is 5. The third kappa shape index (κ3) is 3.55. The van der Waals surface area contributed by atoms with Gasteiger partial charge in [-0.05, 0) is 6.07 Å². The molecule has 0 aromatic carbocycles. The summed E-state index contributed by atoms with van der Waals surface area (Å²) >= 11 is 0. The molecule has 6 nitrogen and oxygen atoms in total. The summed E-state index contributed by atoms with van der Waals surface area (Å²) in [4.78, 5) is 3.18. The number of amidine groups is 1. The number of hydrogen-bond donors (Lipinski definition) is 3. The second-order valence-corrected chi connectivity index (χ2v) is 4.78. The molecule has 1 rings (SSSR count). The fourth-order valence-electron chi connectivity index (χ4n) is 0.943. The number of aromatic nitrogens is 1. The average molecular weight is 246 g/mol. The van der Waals surface area contributed by atoms with Crippen LogP contribution in [-0.4, -0.2) is 25.8 Å². The number of pyridine rings is 1. The van der Waals surface area contributed by atoms with E-state index in [1.165, 1.54) is 0 Å². The molecule has 0 saturated heterocycles. The Bertz CT molecular complexity index is 489. The van der Waals surface area contributed by atoms with Crippen molar-refractivity contribution in [2.75, 3.05) is 6.54 Å². The summed E-state index contributed by atoms with van der Waals surface area (Å²) in [7, 11) is -3.78. The highest BCUT2D eigenvalue weighted by atomic mass is 32.2. The largest absolute Gasteiger partial charge is 0.388 e. The van der Waals surface area contributed by atoms with Gasteiger partial charge in [-0.25, -0.2) is 17.5 Å². The van der Waals surface area contributed by atoms with E-state index in [-0.39, 0.29) is 23.7 Å². The van der Waals surface area contributed by atoms with E-state index < -0.39 is 15.8 Å². The minimum Gasteiger partial charge on any atom is -0.388 e. The molecule has 0 aliphatic rings. The second-order valence-electron chi connectivity index (χ2n) is 3.01. The molecular weight excluding hydrogens is 235 g/mol. The number of sulfonamides is 1. The number of nitrogens with two attached hydrogens (primary N) is 1. The van der Waals surface area contributed by atoms with Crippen molar-refractivity contribution in [1.29, 1.82) is 5.41 Å². The van der Waals surface area contributed by atoms with Crippen LogP contribution in [0.4, 0.5) is 4.39 Å². The fraction of sp³-hybridized carbons (Fsp3) is 0.250. The summed E-state index contributed by atoms with van der Waals surface area (Å²) in [6.45, 7) is -0.00577. The highest BCUT2D eigenvalue weighted by molar-refractivity contribution is 7.89. The molecule has 1 aromatic heterocycles. The zero-order chi connectivity index (χ0) is 12.2. The smallest absolute Gasteiger partial charge is 0.242 e. The molecule has 0 spiro atoms. The maximum absolute atomic E-state index is 12.7. The third-order valence-corrected chi connectivity index (χ3v) is 3.10. The van der Waals surface area contributed by atoms with Crippen molar-refractivity contribution in [3.63, 3.8) is 0 Å². The van der Waals surface area contributed by atoms with Crippen LogP contribution >= 0.6 is 0 Å². The molecule has 88 valence electrons. The van der Waals surface area contributed by atoms with Crippen molar-refractivity contribution >= 4 is 15.9 Å². The Morgan fingerprint density at radius 1 is 1.56 bits per heavy atom. The van der Waals surface area contributed by atoms with Gasteiger partial charge in [0.25, 0.3) is 0 Å². The van der Waals surface area contributed by atoms with Crippen LogP contribution < -0.4 is 10.5 Å². The lowest BCUT2D eigenvalue weighted by molar-refractivity contribution is 0.576. The first-order chi connectivity index (χ1) is 7.42. The van der Waals surface area contributed by atoms with Crippen LogP contribution in [0.1, 0.15) is 6.42 Å². The van der Waals surface area contributed by atoms with Gasteiger partial charge in [-0.15, -0.1) is 0 Å². The summed E-state index contributed by atoms with van der Waals surface area (Å²) in [5.41, 5.74) is 5.06. The van der Waals surface area contributed by atoms with Crippen LogP contribution in [0.15, 0.2) is 23.4 Å². The Labute approximate surface area is 92.2 Å². The molecule has 0 radical (unpaired) electrons. The molecule has 1 heterocycles. The van der Waals surface area contributed by atoms with Gasteiger partial charge in [-0.1, -0.05) is 0 Å². The number of nitrogens with one attached hydrogen (secondary N) is 2. The quantitative estimate of drug-likeness (QED) is 0.494. The van der Waals surface area contributed by atoms with E-state index in [0.29, 0.717) is 0 Å². The lowest BCUT2D eigenvalue weighted by Gasteiger charge is -2.05. The molecule has 0 fully saturated rings. The summed E-state index contributed by atoms with van der Waals surface area (Å²) < 4.78 is 38.0. The van der Waals surface area contributed by atoms with Crippen molar-refractivity contribution in [2.24, 2.45) is 5.73 Å². The zero-order valence-corrected chi connectivity index (χ0v) is 9.09. The first-order valence-electron chi connectivity index (χ1n) is 4.35. The van der Waals surface area contributed by atoms with Crippen LogP contribution in [0.2, 0.25) is 0 Å². The molecule has 4 N–H and O–H groups in total. The zero-order valence-electron chi connectivity index (χ0n) is 8.27. The van der Waals surface area contributed by atoms with Gasteiger partial charge in [0.2, 0.25) is 10.0 Å². The molecule has 0 aliphatic carbocycles. The van der Waals surface area contributed by atoms with Gasteiger partial charge in [-0.3, -0.25) is 10.4 Å². The number of nitrogens with zero attached hydrogens (tertiary/aromatic N) is 1. The predicted octanol–water partition coefficient (Wildman–Crippen LogP) is -0.175. The molecule has 0 unspecified atom stereocenters. The van der Waals surface area contributed by atoms with Crippen molar-refractivity contribution in [3.8, 4) is 0 Å². The van der Waals surface area contributed by atoms with E-state index in [1.54, 1.807) is 0 Å². The Morgan fingerprint density at radius 2 is 2.25 bits per heavy atom. The lowest BCUT2D eigenvalue weighted by atomic mass is 10.4. The minimum atomic E-state index is -3.78. The van der Waals surface area contributed by atoms with Gasteiger partial charge in [0, 0.05) is 19.2 Å². The molecular formula is C8H11FN4O2S. The first-order valence-corrected chi connectivity index (χ1v) is 5.83. The van der Waals surface area contributed by atoms with Crippen molar-refractivity contribution in [1.82, 2.24) is 9.71 Å². The summed E-state index contributed by atoms with van der Waals surface area (Å²) in [6.07, 6.45) is 2.05. The average Bonchev–Trinajstić information content (AvgIpc) is 2.16. The summed E-state index contributed by atoms with van der Waals surface area (Å²) in [6, 6.07) is 0.864. The van der Waals surface area contributed by atoms with Crippen molar-refractivity contribution < 1.29 is 12.8 Å². The lowest BCUT2D eigenvalue weighted by Crippen LogP contribution is -2.28. The molecule has 1 aromatic rings. The molecule has 0 saturated carbocycles. The van der Waals surface area contributed by atoms with Crippen molar-refractivity contribution in [3.05, 3.63) is 24.3 Å².